The molecule has 0 bridgehead atoms. The van der Waals surface area contributed by atoms with Crippen molar-refractivity contribution in [1.29, 1.82) is 0 Å². The topological polar surface area (TPSA) is 37.0 Å². The standard InChI is InChI=1S/C11H14BrN3/c12-8-4-9-10(13-5-8)15-7-11(6-14-9)2-1-3-11/h4-5,14H,1-3,6-7H2,(H,13,15). The van der Waals surface area contributed by atoms with Gasteiger partial charge in [-0.1, -0.05) is 6.42 Å². The zero-order valence-electron chi connectivity index (χ0n) is 8.52. The zero-order valence-corrected chi connectivity index (χ0v) is 10.1. The molecule has 0 radical (unpaired) electrons. The van der Waals surface area contributed by atoms with Crippen LogP contribution in [-0.2, 0) is 0 Å². The van der Waals surface area contributed by atoms with Crippen molar-refractivity contribution in [1.82, 2.24) is 4.98 Å². The third-order valence-corrected chi connectivity index (χ3v) is 3.99. The van der Waals surface area contributed by atoms with Crippen LogP contribution in [0.3, 0.4) is 0 Å². The lowest BCUT2D eigenvalue weighted by Crippen LogP contribution is -2.40. The van der Waals surface area contributed by atoms with Gasteiger partial charge in [-0.15, -0.1) is 0 Å². The minimum absolute atomic E-state index is 0.479. The van der Waals surface area contributed by atoms with Gasteiger partial charge in [-0.3, -0.25) is 0 Å². The first-order chi connectivity index (χ1) is 7.27. The van der Waals surface area contributed by atoms with Crippen molar-refractivity contribution in [3.63, 3.8) is 0 Å². The number of anilines is 2. The minimum Gasteiger partial charge on any atom is -0.381 e. The lowest BCUT2D eigenvalue weighted by atomic mass is 9.69. The molecule has 1 aliphatic heterocycles. The Bertz CT molecular complexity index is 387. The number of hydrogen-bond acceptors (Lipinski definition) is 3. The Kier molecular flexibility index (Phi) is 2.12. The summed E-state index contributed by atoms with van der Waals surface area (Å²) in [6.45, 7) is 2.13. The van der Waals surface area contributed by atoms with E-state index in [4.69, 9.17) is 0 Å². The van der Waals surface area contributed by atoms with E-state index >= 15 is 0 Å². The van der Waals surface area contributed by atoms with Gasteiger partial charge >= 0.3 is 0 Å². The quantitative estimate of drug-likeness (QED) is 0.759. The molecule has 2 heterocycles. The largest absolute Gasteiger partial charge is 0.381 e. The summed E-state index contributed by atoms with van der Waals surface area (Å²) in [5.74, 6) is 0.988. The maximum Gasteiger partial charge on any atom is 0.149 e. The Hall–Kier alpha value is -0.770. The van der Waals surface area contributed by atoms with Crippen LogP contribution in [0.4, 0.5) is 11.5 Å². The van der Waals surface area contributed by atoms with Gasteiger partial charge in [0.2, 0.25) is 0 Å². The first-order valence-electron chi connectivity index (χ1n) is 5.41. The molecule has 1 aromatic rings. The number of rotatable bonds is 0. The second-order valence-electron chi connectivity index (χ2n) is 4.61. The monoisotopic (exact) mass is 267 g/mol. The maximum absolute atomic E-state index is 4.38. The molecule has 2 N–H and O–H groups in total. The molecule has 0 amide bonds. The fourth-order valence-electron chi connectivity index (χ4n) is 2.36. The van der Waals surface area contributed by atoms with E-state index in [0.717, 1.165) is 29.1 Å². The Labute approximate surface area is 97.8 Å². The van der Waals surface area contributed by atoms with Gasteiger partial charge in [0.25, 0.3) is 0 Å². The Balaban J connectivity index is 1.88. The van der Waals surface area contributed by atoms with E-state index in [2.05, 4.69) is 37.6 Å². The van der Waals surface area contributed by atoms with Crippen LogP contribution in [0.2, 0.25) is 0 Å². The maximum atomic E-state index is 4.38. The molecule has 0 aromatic carbocycles. The molecule has 80 valence electrons. The summed E-state index contributed by atoms with van der Waals surface area (Å²) in [5.41, 5.74) is 1.60. The van der Waals surface area contributed by atoms with E-state index in [-0.39, 0.29) is 0 Å². The van der Waals surface area contributed by atoms with E-state index in [0.29, 0.717) is 5.41 Å². The lowest BCUT2D eigenvalue weighted by Gasteiger charge is -2.40. The summed E-state index contributed by atoms with van der Waals surface area (Å²) in [7, 11) is 0. The molecule has 0 saturated heterocycles. The van der Waals surface area contributed by atoms with Crippen molar-refractivity contribution in [3.8, 4) is 0 Å². The highest BCUT2D eigenvalue weighted by molar-refractivity contribution is 9.10. The fraction of sp³-hybridized carbons (Fsp3) is 0.545. The number of fused-ring (bicyclic) bond motifs is 1. The van der Waals surface area contributed by atoms with E-state index in [1.807, 2.05) is 6.20 Å². The van der Waals surface area contributed by atoms with Crippen LogP contribution >= 0.6 is 15.9 Å². The molecule has 0 atom stereocenters. The zero-order chi connectivity index (χ0) is 10.3. The summed E-state index contributed by atoms with van der Waals surface area (Å²) in [6, 6.07) is 2.09. The van der Waals surface area contributed by atoms with Crippen LogP contribution in [0, 0.1) is 5.41 Å². The summed E-state index contributed by atoms with van der Waals surface area (Å²) in [6.07, 6.45) is 5.88. The predicted molar refractivity (Wildman–Crippen MR) is 65.2 cm³/mol. The van der Waals surface area contributed by atoms with Gasteiger partial charge in [-0.05, 0) is 34.8 Å². The summed E-state index contributed by atoms with van der Waals surface area (Å²) in [5, 5.41) is 6.95. The smallest absolute Gasteiger partial charge is 0.149 e. The van der Waals surface area contributed by atoms with Gasteiger partial charge in [-0.25, -0.2) is 4.98 Å². The summed E-state index contributed by atoms with van der Waals surface area (Å²) in [4.78, 5) is 4.38. The molecule has 1 aliphatic carbocycles. The summed E-state index contributed by atoms with van der Waals surface area (Å²) >= 11 is 3.45. The van der Waals surface area contributed by atoms with Gasteiger partial charge in [-0.2, -0.15) is 0 Å². The molecule has 3 nitrogen and oxygen atoms in total. The van der Waals surface area contributed by atoms with Gasteiger partial charge in [0.1, 0.15) is 5.82 Å². The Morgan fingerprint density at radius 2 is 2.07 bits per heavy atom. The van der Waals surface area contributed by atoms with Crippen LogP contribution in [0.1, 0.15) is 19.3 Å². The lowest BCUT2D eigenvalue weighted by molar-refractivity contribution is 0.171. The highest BCUT2D eigenvalue weighted by Crippen LogP contribution is 2.43. The molecule has 3 rings (SSSR count). The normalized spacial score (nSPS) is 21.9. The third-order valence-electron chi connectivity index (χ3n) is 3.55. The van der Waals surface area contributed by atoms with Crippen LogP contribution < -0.4 is 10.6 Å². The number of nitrogens with one attached hydrogen (secondary N) is 2. The Morgan fingerprint density at radius 3 is 2.80 bits per heavy atom. The fourth-order valence-corrected chi connectivity index (χ4v) is 2.69. The van der Waals surface area contributed by atoms with Crippen molar-refractivity contribution < 1.29 is 0 Å². The SMILES string of the molecule is Brc1cnc2c(c1)NCC1(CCC1)CN2. The van der Waals surface area contributed by atoms with E-state index < -0.39 is 0 Å². The molecule has 1 fully saturated rings. The first kappa shape index (κ1) is 9.46. The Morgan fingerprint density at radius 1 is 1.27 bits per heavy atom. The van der Waals surface area contributed by atoms with Crippen molar-refractivity contribution in [2.45, 2.75) is 19.3 Å². The highest BCUT2D eigenvalue weighted by atomic mass is 79.9. The van der Waals surface area contributed by atoms with Crippen LogP contribution in [0.15, 0.2) is 16.7 Å². The minimum atomic E-state index is 0.479. The van der Waals surface area contributed by atoms with Gasteiger partial charge in [0.15, 0.2) is 0 Å². The van der Waals surface area contributed by atoms with Crippen LogP contribution in [0.5, 0.6) is 0 Å². The van der Waals surface area contributed by atoms with Gasteiger partial charge in [0.05, 0.1) is 5.69 Å². The van der Waals surface area contributed by atoms with Crippen LogP contribution in [-0.4, -0.2) is 18.1 Å². The van der Waals surface area contributed by atoms with Crippen molar-refractivity contribution >= 4 is 27.4 Å². The number of pyridine rings is 1. The molecular weight excluding hydrogens is 254 g/mol. The molecular formula is C11H14BrN3. The average molecular weight is 268 g/mol. The average Bonchev–Trinajstić information content (AvgIpc) is 2.36. The number of hydrogen-bond donors (Lipinski definition) is 2. The molecule has 1 aromatic heterocycles. The number of nitrogens with zero attached hydrogens (tertiary/aromatic N) is 1. The second kappa shape index (κ2) is 3.37. The molecule has 4 heteroatoms. The summed E-state index contributed by atoms with van der Waals surface area (Å²) < 4.78 is 1.03. The molecule has 15 heavy (non-hydrogen) atoms. The third kappa shape index (κ3) is 1.61. The van der Waals surface area contributed by atoms with Gasteiger partial charge in [0, 0.05) is 29.2 Å². The van der Waals surface area contributed by atoms with Crippen molar-refractivity contribution in [3.05, 3.63) is 16.7 Å². The van der Waals surface area contributed by atoms with Crippen molar-refractivity contribution in [2.24, 2.45) is 5.41 Å². The molecule has 0 unspecified atom stereocenters. The van der Waals surface area contributed by atoms with Crippen LogP contribution in [0.25, 0.3) is 0 Å². The predicted octanol–water partition coefficient (Wildman–Crippen LogP) is 2.85. The highest BCUT2D eigenvalue weighted by Gasteiger charge is 2.38. The van der Waals surface area contributed by atoms with Crippen molar-refractivity contribution in [2.75, 3.05) is 23.7 Å². The second-order valence-corrected chi connectivity index (χ2v) is 5.53. The number of halogens is 1. The van der Waals surface area contributed by atoms with E-state index in [9.17, 15) is 0 Å². The molecule has 2 aliphatic rings. The van der Waals surface area contributed by atoms with Gasteiger partial charge < -0.3 is 10.6 Å². The molecule has 1 saturated carbocycles. The first-order valence-corrected chi connectivity index (χ1v) is 6.20. The van der Waals surface area contributed by atoms with E-state index in [1.54, 1.807) is 0 Å². The number of aromatic nitrogens is 1. The van der Waals surface area contributed by atoms with E-state index in [1.165, 1.54) is 19.3 Å². The molecule has 1 spiro atoms.